The highest BCUT2D eigenvalue weighted by molar-refractivity contribution is 5.89. The number of methoxy groups -OCH3 is 1. The number of rotatable bonds is 8. The van der Waals surface area contributed by atoms with Gasteiger partial charge in [0.05, 0.1) is 19.0 Å². The summed E-state index contributed by atoms with van der Waals surface area (Å²) in [6.45, 7) is -0.188. The van der Waals surface area contributed by atoms with Gasteiger partial charge in [-0.25, -0.2) is 10.1 Å². The lowest BCUT2D eigenvalue weighted by atomic mass is 10.1. The number of hydrogen-bond acceptors (Lipinski definition) is 5. The summed E-state index contributed by atoms with van der Waals surface area (Å²) in [5.41, 5.74) is 5.91. The smallest absolute Gasteiger partial charge is 0.277 e. The van der Waals surface area contributed by atoms with E-state index in [1.165, 1.54) is 0 Å². The maximum Gasteiger partial charge on any atom is 0.277 e. The topological polar surface area (TPSA) is 77.7 Å². The summed E-state index contributed by atoms with van der Waals surface area (Å²) in [6.07, 6.45) is 3.45. The van der Waals surface area contributed by atoms with Crippen LogP contribution >= 0.6 is 0 Å². The van der Waals surface area contributed by atoms with E-state index in [-0.39, 0.29) is 12.5 Å². The van der Waals surface area contributed by atoms with Crippen LogP contribution in [0.15, 0.2) is 96.2 Å². The second-order valence-corrected chi connectivity index (χ2v) is 6.81. The fraction of sp³-hybridized carbons (Fsp3) is 0.0800. The Labute approximate surface area is 185 Å². The van der Waals surface area contributed by atoms with E-state index in [2.05, 4.69) is 10.5 Å². The van der Waals surface area contributed by atoms with E-state index >= 15 is 0 Å². The minimum atomic E-state index is -0.385. The van der Waals surface area contributed by atoms with Crippen LogP contribution in [-0.4, -0.2) is 35.6 Å². The van der Waals surface area contributed by atoms with Crippen molar-refractivity contribution >= 4 is 12.1 Å². The maximum atomic E-state index is 12.2. The fourth-order valence-electron chi connectivity index (χ4n) is 3.10. The summed E-state index contributed by atoms with van der Waals surface area (Å²) in [5, 5.41) is 8.82. The molecule has 0 atom stereocenters. The summed E-state index contributed by atoms with van der Waals surface area (Å²) in [6, 6.07) is 26.8. The van der Waals surface area contributed by atoms with Gasteiger partial charge in [0.2, 0.25) is 0 Å². The molecule has 0 saturated carbocycles. The van der Waals surface area contributed by atoms with E-state index in [1.54, 1.807) is 30.1 Å². The molecule has 0 aliphatic heterocycles. The zero-order valence-corrected chi connectivity index (χ0v) is 17.5. The highest BCUT2D eigenvalue weighted by Gasteiger charge is 2.11. The van der Waals surface area contributed by atoms with Gasteiger partial charge in [0.25, 0.3) is 5.91 Å². The minimum Gasteiger partial charge on any atom is -0.493 e. The van der Waals surface area contributed by atoms with Crippen LogP contribution < -0.4 is 14.9 Å². The molecule has 0 aliphatic carbocycles. The summed E-state index contributed by atoms with van der Waals surface area (Å²) >= 11 is 0. The van der Waals surface area contributed by atoms with E-state index < -0.39 is 0 Å². The predicted molar refractivity (Wildman–Crippen MR) is 123 cm³/mol. The van der Waals surface area contributed by atoms with Crippen molar-refractivity contribution in [2.45, 2.75) is 0 Å². The first kappa shape index (κ1) is 20.9. The molecule has 0 aliphatic rings. The highest BCUT2D eigenvalue weighted by Crippen LogP contribution is 2.25. The second-order valence-electron chi connectivity index (χ2n) is 6.81. The van der Waals surface area contributed by atoms with Gasteiger partial charge in [0, 0.05) is 17.3 Å². The Morgan fingerprint density at radius 2 is 1.62 bits per heavy atom. The second kappa shape index (κ2) is 10.1. The number of hydrogen-bond donors (Lipinski definition) is 1. The van der Waals surface area contributed by atoms with Gasteiger partial charge in [-0.1, -0.05) is 60.7 Å². The number of para-hydroxylation sites is 3. The Balaban J connectivity index is 1.48. The molecule has 160 valence electrons. The molecule has 1 aromatic heterocycles. The first-order chi connectivity index (χ1) is 15.7. The quantitative estimate of drug-likeness (QED) is 0.340. The van der Waals surface area contributed by atoms with Crippen molar-refractivity contribution in [2.75, 3.05) is 13.7 Å². The van der Waals surface area contributed by atoms with Gasteiger partial charge in [-0.15, -0.1) is 0 Å². The Morgan fingerprint density at radius 1 is 0.969 bits per heavy atom. The van der Waals surface area contributed by atoms with Crippen LogP contribution in [0.2, 0.25) is 0 Å². The fourth-order valence-corrected chi connectivity index (χ4v) is 3.10. The molecule has 1 heterocycles. The summed E-state index contributed by atoms with van der Waals surface area (Å²) in [5.74, 6) is 0.665. The predicted octanol–water partition coefficient (Wildman–Crippen LogP) is 4.08. The highest BCUT2D eigenvalue weighted by atomic mass is 16.5. The number of benzene rings is 3. The van der Waals surface area contributed by atoms with Crippen LogP contribution in [0.1, 0.15) is 5.56 Å². The van der Waals surface area contributed by atoms with Crippen molar-refractivity contribution in [2.24, 2.45) is 5.10 Å². The summed E-state index contributed by atoms with van der Waals surface area (Å²) < 4.78 is 12.5. The Kier molecular flexibility index (Phi) is 6.57. The molecule has 32 heavy (non-hydrogen) atoms. The molecule has 1 N–H and O–H groups in total. The van der Waals surface area contributed by atoms with Gasteiger partial charge >= 0.3 is 0 Å². The van der Waals surface area contributed by atoms with Crippen LogP contribution in [0, 0.1) is 0 Å². The average molecular weight is 426 g/mol. The van der Waals surface area contributed by atoms with Gasteiger partial charge in [-0.2, -0.15) is 10.2 Å². The molecule has 4 aromatic rings. The molecule has 3 aromatic carbocycles. The molecule has 0 fully saturated rings. The van der Waals surface area contributed by atoms with Crippen LogP contribution in [0.4, 0.5) is 0 Å². The van der Waals surface area contributed by atoms with E-state index in [0.29, 0.717) is 11.5 Å². The standard InChI is InChI=1S/C25H22N4O3/c1-31-22-14-8-9-15-23(22)32-18-24(30)27-26-16-20-17-29(21-12-6-3-7-13-21)28-25(20)19-10-4-2-5-11-19/h2-17H,18H2,1H3,(H,27,30)/b26-16-. The SMILES string of the molecule is COc1ccccc1OCC(=O)N/N=C\c1cn(-c2ccccc2)nc1-c1ccccc1. The first-order valence-corrected chi connectivity index (χ1v) is 10.0. The van der Waals surface area contributed by atoms with E-state index in [4.69, 9.17) is 14.6 Å². The third kappa shape index (κ3) is 5.02. The lowest BCUT2D eigenvalue weighted by Gasteiger charge is -2.09. The number of carbonyl (C=O) groups excluding carboxylic acids is 1. The van der Waals surface area contributed by atoms with Gasteiger partial charge < -0.3 is 9.47 Å². The number of nitrogens with zero attached hydrogens (tertiary/aromatic N) is 3. The third-order valence-corrected chi connectivity index (χ3v) is 4.63. The molecule has 4 rings (SSSR count). The molecule has 7 nitrogen and oxygen atoms in total. The zero-order valence-electron chi connectivity index (χ0n) is 17.5. The third-order valence-electron chi connectivity index (χ3n) is 4.63. The van der Waals surface area contributed by atoms with E-state index in [9.17, 15) is 4.79 Å². The Morgan fingerprint density at radius 3 is 2.34 bits per heavy atom. The van der Waals surface area contributed by atoms with Gasteiger partial charge in [0.1, 0.15) is 5.69 Å². The molecule has 0 unspecified atom stereocenters. The number of aromatic nitrogens is 2. The largest absolute Gasteiger partial charge is 0.493 e. The van der Waals surface area contributed by atoms with Crippen molar-refractivity contribution in [1.82, 2.24) is 15.2 Å². The number of carbonyl (C=O) groups is 1. The molecule has 0 spiro atoms. The van der Waals surface area contributed by atoms with Gasteiger partial charge in [0.15, 0.2) is 18.1 Å². The van der Waals surface area contributed by atoms with Crippen molar-refractivity contribution < 1.29 is 14.3 Å². The summed E-state index contributed by atoms with van der Waals surface area (Å²) in [7, 11) is 1.55. The lowest BCUT2D eigenvalue weighted by Crippen LogP contribution is -2.24. The molecular weight excluding hydrogens is 404 g/mol. The van der Waals surface area contributed by atoms with Gasteiger partial charge in [-0.05, 0) is 24.3 Å². The molecular formula is C25H22N4O3. The lowest BCUT2D eigenvalue weighted by molar-refractivity contribution is -0.123. The number of nitrogens with one attached hydrogen (secondary N) is 1. The zero-order chi connectivity index (χ0) is 22.2. The monoisotopic (exact) mass is 426 g/mol. The van der Waals surface area contributed by atoms with Crippen LogP contribution in [0.5, 0.6) is 11.5 Å². The first-order valence-electron chi connectivity index (χ1n) is 10.0. The van der Waals surface area contributed by atoms with Crippen molar-refractivity contribution in [3.63, 3.8) is 0 Å². The Hall–Kier alpha value is -4.39. The number of amides is 1. The number of ether oxygens (including phenoxy) is 2. The van der Waals surface area contributed by atoms with E-state index in [1.807, 2.05) is 79.0 Å². The van der Waals surface area contributed by atoms with Crippen molar-refractivity contribution in [3.05, 3.63) is 96.7 Å². The molecule has 0 bridgehead atoms. The van der Waals surface area contributed by atoms with Gasteiger partial charge in [-0.3, -0.25) is 4.79 Å². The minimum absolute atomic E-state index is 0.188. The number of hydrazone groups is 1. The Bertz CT molecular complexity index is 1200. The van der Waals surface area contributed by atoms with E-state index in [0.717, 1.165) is 22.5 Å². The van der Waals surface area contributed by atoms with Crippen LogP contribution in [-0.2, 0) is 4.79 Å². The normalized spacial score (nSPS) is 10.8. The molecule has 7 heteroatoms. The summed E-state index contributed by atoms with van der Waals surface area (Å²) in [4.78, 5) is 12.2. The van der Waals surface area contributed by atoms with Crippen molar-refractivity contribution in [3.8, 4) is 28.4 Å². The average Bonchev–Trinajstić information content (AvgIpc) is 3.28. The molecule has 1 amide bonds. The van der Waals surface area contributed by atoms with Crippen LogP contribution in [0.25, 0.3) is 16.9 Å². The molecule has 0 saturated heterocycles. The maximum absolute atomic E-state index is 12.2. The van der Waals surface area contributed by atoms with Crippen molar-refractivity contribution in [1.29, 1.82) is 0 Å². The van der Waals surface area contributed by atoms with Crippen LogP contribution in [0.3, 0.4) is 0 Å². The molecule has 0 radical (unpaired) electrons.